The second kappa shape index (κ2) is 4.41. The van der Waals surface area contributed by atoms with Gasteiger partial charge in [0.1, 0.15) is 0 Å². The summed E-state index contributed by atoms with van der Waals surface area (Å²) >= 11 is 10.2. The highest BCUT2D eigenvalue weighted by atomic mass is 35.5. The summed E-state index contributed by atoms with van der Waals surface area (Å²) in [7, 11) is 0. The molecule has 0 saturated heterocycles. The van der Waals surface area contributed by atoms with E-state index in [1.165, 1.54) is 6.92 Å². The van der Waals surface area contributed by atoms with E-state index < -0.39 is 22.8 Å². The molecule has 0 bridgehead atoms. The van der Waals surface area contributed by atoms with Crippen molar-refractivity contribution in [1.82, 2.24) is 0 Å². The van der Waals surface area contributed by atoms with Crippen LogP contribution in [0.5, 0.6) is 0 Å². The summed E-state index contributed by atoms with van der Waals surface area (Å²) < 4.78 is 4.40. The minimum atomic E-state index is -1.28. The van der Waals surface area contributed by atoms with Crippen LogP contribution in [0.2, 0.25) is 0 Å². The fraction of sp³-hybridized carbons (Fsp3) is 0.600. The summed E-state index contributed by atoms with van der Waals surface area (Å²) in [5.74, 6) is -1.62. The van der Waals surface area contributed by atoms with Crippen LogP contribution in [0.1, 0.15) is 6.92 Å². The minimum Gasteiger partial charge on any atom is -0.451 e. The number of hydrogen-bond donors (Lipinski definition) is 1. The molecule has 64 valence electrons. The van der Waals surface area contributed by atoms with E-state index in [1.807, 2.05) is 0 Å². The Bertz CT molecular complexity index is 171. The van der Waals surface area contributed by atoms with Gasteiger partial charge in [0.05, 0.1) is 0 Å². The standard InChI is InChI=1S/C5H7Cl2NO3/c1-2(4(8)9)11-5(10)3(6)7/h2-3H,1H3,(H2,8,9). The van der Waals surface area contributed by atoms with Gasteiger partial charge in [-0.25, -0.2) is 4.79 Å². The van der Waals surface area contributed by atoms with E-state index >= 15 is 0 Å². The molecule has 0 spiro atoms. The Hall–Kier alpha value is -0.480. The van der Waals surface area contributed by atoms with E-state index in [1.54, 1.807) is 0 Å². The Kier molecular flexibility index (Phi) is 4.22. The lowest BCUT2D eigenvalue weighted by Gasteiger charge is -2.08. The molecule has 1 atom stereocenters. The van der Waals surface area contributed by atoms with Crippen molar-refractivity contribution in [3.63, 3.8) is 0 Å². The molecule has 0 aromatic rings. The Morgan fingerprint density at radius 3 is 2.18 bits per heavy atom. The predicted molar refractivity (Wildman–Crippen MR) is 40.2 cm³/mol. The molecule has 1 amide bonds. The van der Waals surface area contributed by atoms with E-state index in [2.05, 4.69) is 4.74 Å². The van der Waals surface area contributed by atoms with Gasteiger partial charge in [0.15, 0.2) is 6.10 Å². The molecule has 1 unspecified atom stereocenters. The third-order valence-corrected chi connectivity index (χ3v) is 1.23. The van der Waals surface area contributed by atoms with Gasteiger partial charge in [-0.05, 0) is 6.92 Å². The van der Waals surface area contributed by atoms with Gasteiger partial charge in [-0.15, -0.1) is 0 Å². The summed E-state index contributed by atoms with van der Waals surface area (Å²) in [5.41, 5.74) is 4.78. The van der Waals surface area contributed by atoms with Gasteiger partial charge in [-0.2, -0.15) is 0 Å². The second-order valence-corrected chi connectivity index (χ2v) is 2.88. The van der Waals surface area contributed by atoms with Crippen molar-refractivity contribution < 1.29 is 14.3 Å². The van der Waals surface area contributed by atoms with E-state index in [-0.39, 0.29) is 0 Å². The molecule has 4 nitrogen and oxygen atoms in total. The Balaban J connectivity index is 3.85. The number of primary amides is 1. The van der Waals surface area contributed by atoms with E-state index in [0.29, 0.717) is 0 Å². The van der Waals surface area contributed by atoms with Crippen LogP contribution in [0.15, 0.2) is 0 Å². The van der Waals surface area contributed by atoms with Crippen LogP contribution in [0.3, 0.4) is 0 Å². The molecule has 2 N–H and O–H groups in total. The second-order valence-electron chi connectivity index (χ2n) is 1.78. The number of rotatable bonds is 3. The van der Waals surface area contributed by atoms with Crippen molar-refractivity contribution in [2.24, 2.45) is 5.73 Å². The number of nitrogens with two attached hydrogens (primary N) is 1. The summed E-state index contributed by atoms with van der Waals surface area (Å²) in [6.07, 6.45) is -0.998. The highest BCUT2D eigenvalue weighted by Gasteiger charge is 2.19. The first kappa shape index (κ1) is 10.5. The largest absolute Gasteiger partial charge is 0.451 e. The van der Waals surface area contributed by atoms with Crippen molar-refractivity contribution in [3.8, 4) is 0 Å². The van der Waals surface area contributed by atoms with Gasteiger partial charge in [0, 0.05) is 0 Å². The third-order valence-electron chi connectivity index (χ3n) is 0.872. The van der Waals surface area contributed by atoms with Gasteiger partial charge in [-0.3, -0.25) is 4.79 Å². The Labute approximate surface area is 73.6 Å². The number of hydrogen-bond acceptors (Lipinski definition) is 3. The topological polar surface area (TPSA) is 69.4 Å². The molecule has 0 saturated carbocycles. The maximum absolute atomic E-state index is 10.6. The monoisotopic (exact) mass is 199 g/mol. The van der Waals surface area contributed by atoms with E-state index in [0.717, 1.165) is 0 Å². The van der Waals surface area contributed by atoms with E-state index in [9.17, 15) is 9.59 Å². The first-order chi connectivity index (χ1) is 4.95. The van der Waals surface area contributed by atoms with Crippen LogP contribution in [0.4, 0.5) is 0 Å². The molecular formula is C5H7Cl2NO3. The molecule has 0 aromatic carbocycles. The minimum absolute atomic E-state index is 0.743. The maximum atomic E-state index is 10.6. The van der Waals surface area contributed by atoms with Gasteiger partial charge in [0.25, 0.3) is 5.91 Å². The van der Waals surface area contributed by atoms with Crippen LogP contribution in [0, 0.1) is 0 Å². The van der Waals surface area contributed by atoms with Crippen molar-refractivity contribution in [3.05, 3.63) is 0 Å². The average Bonchev–Trinajstić information content (AvgIpc) is 1.87. The van der Waals surface area contributed by atoms with Crippen molar-refractivity contribution >= 4 is 35.1 Å². The molecule has 0 aliphatic heterocycles. The van der Waals surface area contributed by atoms with E-state index in [4.69, 9.17) is 28.9 Å². The first-order valence-corrected chi connectivity index (χ1v) is 3.60. The average molecular weight is 200 g/mol. The van der Waals surface area contributed by atoms with Gasteiger partial charge in [0.2, 0.25) is 4.84 Å². The van der Waals surface area contributed by atoms with Crippen molar-refractivity contribution in [1.29, 1.82) is 0 Å². The molecule has 0 rings (SSSR count). The molecule has 11 heavy (non-hydrogen) atoms. The zero-order valence-corrected chi connectivity index (χ0v) is 7.22. The van der Waals surface area contributed by atoms with Gasteiger partial charge >= 0.3 is 5.97 Å². The lowest BCUT2D eigenvalue weighted by molar-refractivity contribution is -0.152. The zero-order chi connectivity index (χ0) is 9.02. The molecule has 0 fully saturated rings. The molecule has 0 aromatic heterocycles. The summed E-state index contributed by atoms with van der Waals surface area (Å²) in [4.78, 5) is 19.6. The Morgan fingerprint density at radius 2 is 1.91 bits per heavy atom. The highest BCUT2D eigenvalue weighted by Crippen LogP contribution is 2.05. The molecule has 6 heteroatoms. The van der Waals surface area contributed by atoms with Crippen molar-refractivity contribution in [2.75, 3.05) is 0 Å². The molecule has 0 heterocycles. The zero-order valence-electron chi connectivity index (χ0n) is 5.71. The lowest BCUT2D eigenvalue weighted by Crippen LogP contribution is -2.32. The normalized spacial score (nSPS) is 12.7. The highest BCUT2D eigenvalue weighted by molar-refractivity contribution is 6.52. The smallest absolute Gasteiger partial charge is 0.340 e. The maximum Gasteiger partial charge on any atom is 0.340 e. The van der Waals surface area contributed by atoms with Crippen LogP contribution < -0.4 is 5.73 Å². The predicted octanol–water partition coefficient (Wildman–Crippen LogP) is 0.207. The fourth-order valence-corrected chi connectivity index (χ4v) is 0.387. The number of carbonyl (C=O) groups is 2. The summed E-state index contributed by atoms with van der Waals surface area (Å²) in [5, 5.41) is 0. The summed E-state index contributed by atoms with van der Waals surface area (Å²) in [6, 6.07) is 0. The van der Waals surface area contributed by atoms with Gasteiger partial charge < -0.3 is 10.5 Å². The molecular weight excluding hydrogens is 193 g/mol. The number of halogens is 2. The number of amides is 1. The van der Waals surface area contributed by atoms with Crippen molar-refractivity contribution in [2.45, 2.75) is 17.9 Å². The molecule has 0 radical (unpaired) electrons. The number of alkyl halides is 2. The summed E-state index contributed by atoms with van der Waals surface area (Å²) in [6.45, 7) is 1.33. The van der Waals surface area contributed by atoms with Crippen LogP contribution in [-0.2, 0) is 14.3 Å². The third kappa shape index (κ3) is 4.06. The number of esters is 1. The van der Waals surface area contributed by atoms with Crippen LogP contribution >= 0.6 is 23.2 Å². The molecule has 0 aliphatic rings. The Morgan fingerprint density at radius 1 is 1.45 bits per heavy atom. The lowest BCUT2D eigenvalue weighted by atomic mass is 10.4. The van der Waals surface area contributed by atoms with Crippen LogP contribution in [-0.4, -0.2) is 22.8 Å². The number of carbonyl (C=O) groups excluding carboxylic acids is 2. The number of ether oxygens (including phenoxy) is 1. The molecule has 0 aliphatic carbocycles. The SMILES string of the molecule is CC(OC(=O)C(Cl)Cl)C(N)=O. The fourth-order valence-electron chi connectivity index (χ4n) is 0.284. The van der Waals surface area contributed by atoms with Gasteiger partial charge in [-0.1, -0.05) is 23.2 Å². The quantitative estimate of drug-likeness (QED) is 0.522. The van der Waals surface area contributed by atoms with Crippen LogP contribution in [0.25, 0.3) is 0 Å². The first-order valence-electron chi connectivity index (χ1n) is 2.73.